The number of amides is 2. The van der Waals surface area contributed by atoms with E-state index in [1.807, 2.05) is 42.8 Å². The molecule has 0 saturated carbocycles. The number of aromatic nitrogens is 2. The monoisotopic (exact) mass is 404 g/mol. The van der Waals surface area contributed by atoms with Crippen LogP contribution in [0.25, 0.3) is 5.69 Å². The Morgan fingerprint density at radius 1 is 1.20 bits per heavy atom. The van der Waals surface area contributed by atoms with E-state index in [1.54, 1.807) is 18.5 Å². The number of carbonyl (C=O) groups is 2. The molecular formula is C23H21FN4O2. The molecule has 0 spiro atoms. The molecule has 30 heavy (non-hydrogen) atoms. The number of imidazole rings is 1. The van der Waals surface area contributed by atoms with Crippen molar-refractivity contribution >= 4 is 17.5 Å². The van der Waals surface area contributed by atoms with Gasteiger partial charge in [0.25, 0.3) is 5.91 Å². The van der Waals surface area contributed by atoms with Gasteiger partial charge in [-0.1, -0.05) is 18.2 Å². The quantitative estimate of drug-likeness (QED) is 0.695. The maximum atomic E-state index is 13.3. The fraction of sp³-hybridized carbons (Fsp3) is 0.174. The van der Waals surface area contributed by atoms with Gasteiger partial charge >= 0.3 is 0 Å². The first-order valence-corrected chi connectivity index (χ1v) is 9.58. The van der Waals surface area contributed by atoms with Gasteiger partial charge in [0.2, 0.25) is 5.91 Å². The van der Waals surface area contributed by atoms with Crippen molar-refractivity contribution in [2.75, 3.05) is 5.32 Å². The summed E-state index contributed by atoms with van der Waals surface area (Å²) < 4.78 is 15.2. The van der Waals surface area contributed by atoms with E-state index in [9.17, 15) is 14.0 Å². The highest BCUT2D eigenvalue weighted by Crippen LogP contribution is 2.31. The van der Waals surface area contributed by atoms with Crippen molar-refractivity contribution in [3.8, 4) is 5.69 Å². The molecule has 2 aromatic carbocycles. The standard InChI is InChI=1S/C23H21FN4O2/c1-14-3-8-18(28-12-15(2)26-13-28)9-21(14)27-23(30)20-11-25-22(29)10-19(20)16-4-6-17(24)7-5-16/h3-9,11-13,19H,10H2,1-2H3,(H,25,29)(H,27,30). The lowest BCUT2D eigenvalue weighted by Gasteiger charge is -2.24. The van der Waals surface area contributed by atoms with Gasteiger partial charge in [0, 0.05) is 41.7 Å². The van der Waals surface area contributed by atoms with Crippen molar-refractivity contribution in [1.82, 2.24) is 14.9 Å². The summed E-state index contributed by atoms with van der Waals surface area (Å²) in [7, 11) is 0. The highest BCUT2D eigenvalue weighted by Gasteiger charge is 2.29. The minimum atomic E-state index is -0.445. The number of aryl methyl sites for hydroxylation is 2. The van der Waals surface area contributed by atoms with Crippen molar-refractivity contribution in [1.29, 1.82) is 0 Å². The molecule has 4 rings (SSSR count). The fourth-order valence-electron chi connectivity index (χ4n) is 3.49. The Kier molecular flexibility index (Phi) is 5.18. The van der Waals surface area contributed by atoms with Crippen LogP contribution in [0.5, 0.6) is 0 Å². The lowest BCUT2D eigenvalue weighted by Crippen LogP contribution is -2.32. The Morgan fingerprint density at radius 3 is 2.67 bits per heavy atom. The molecule has 1 unspecified atom stereocenters. The first-order chi connectivity index (χ1) is 14.4. The number of benzene rings is 2. The number of halogens is 1. The zero-order valence-corrected chi connectivity index (χ0v) is 16.6. The van der Waals surface area contributed by atoms with E-state index >= 15 is 0 Å². The SMILES string of the molecule is Cc1cn(-c2ccc(C)c(NC(=O)C3=CNC(=O)CC3c3ccc(F)cc3)c2)cn1. The average Bonchev–Trinajstić information content (AvgIpc) is 3.16. The number of nitrogens with zero attached hydrogens (tertiary/aromatic N) is 2. The third-order valence-electron chi connectivity index (χ3n) is 5.17. The third-order valence-corrected chi connectivity index (χ3v) is 5.17. The number of anilines is 1. The zero-order chi connectivity index (χ0) is 21.3. The van der Waals surface area contributed by atoms with Gasteiger partial charge in [-0.15, -0.1) is 0 Å². The molecule has 152 valence electrons. The second-order valence-corrected chi connectivity index (χ2v) is 7.35. The minimum absolute atomic E-state index is 0.123. The van der Waals surface area contributed by atoms with Crippen molar-refractivity contribution in [2.45, 2.75) is 26.2 Å². The molecule has 1 aliphatic heterocycles. The van der Waals surface area contributed by atoms with Crippen LogP contribution >= 0.6 is 0 Å². The van der Waals surface area contributed by atoms with Gasteiger partial charge in [0.05, 0.1) is 12.0 Å². The summed E-state index contributed by atoms with van der Waals surface area (Å²) in [6, 6.07) is 11.6. The average molecular weight is 404 g/mol. The predicted molar refractivity (Wildman–Crippen MR) is 112 cm³/mol. The van der Waals surface area contributed by atoms with Crippen LogP contribution in [0.15, 0.2) is 66.8 Å². The van der Waals surface area contributed by atoms with E-state index in [0.717, 1.165) is 16.9 Å². The van der Waals surface area contributed by atoms with Crippen molar-refractivity contribution < 1.29 is 14.0 Å². The first kappa shape index (κ1) is 19.6. The third kappa shape index (κ3) is 4.00. The molecule has 1 aromatic heterocycles. The Balaban J connectivity index is 1.62. The smallest absolute Gasteiger partial charge is 0.253 e. The summed E-state index contributed by atoms with van der Waals surface area (Å²) in [6.07, 6.45) is 5.18. The van der Waals surface area contributed by atoms with Crippen LogP contribution in [0, 0.1) is 19.7 Å². The largest absolute Gasteiger partial charge is 0.332 e. The summed E-state index contributed by atoms with van der Waals surface area (Å²) in [5.41, 5.74) is 4.47. The molecule has 0 aliphatic carbocycles. The van der Waals surface area contributed by atoms with Gasteiger partial charge < -0.3 is 15.2 Å². The van der Waals surface area contributed by atoms with Gasteiger partial charge in [-0.05, 0) is 49.2 Å². The van der Waals surface area contributed by atoms with Gasteiger partial charge in [-0.2, -0.15) is 0 Å². The topological polar surface area (TPSA) is 76.0 Å². The molecule has 0 fully saturated rings. The summed E-state index contributed by atoms with van der Waals surface area (Å²) in [5, 5.41) is 5.57. The van der Waals surface area contributed by atoms with Gasteiger partial charge in [0.1, 0.15) is 5.82 Å². The summed E-state index contributed by atoms with van der Waals surface area (Å²) >= 11 is 0. The molecule has 3 aromatic rings. The number of nitrogens with one attached hydrogen (secondary N) is 2. The van der Waals surface area contributed by atoms with Gasteiger partial charge in [0.15, 0.2) is 0 Å². The lowest BCUT2D eigenvalue weighted by molar-refractivity contribution is -0.121. The second kappa shape index (κ2) is 7.94. The van der Waals surface area contributed by atoms with Gasteiger partial charge in [-0.25, -0.2) is 9.37 Å². The van der Waals surface area contributed by atoms with Crippen LogP contribution in [-0.2, 0) is 9.59 Å². The highest BCUT2D eigenvalue weighted by molar-refractivity contribution is 6.06. The Bertz CT molecular complexity index is 1150. The molecule has 6 nitrogen and oxygen atoms in total. The predicted octanol–water partition coefficient (Wildman–Crippen LogP) is 3.75. The first-order valence-electron chi connectivity index (χ1n) is 9.58. The fourth-order valence-corrected chi connectivity index (χ4v) is 3.49. The number of hydrogen-bond donors (Lipinski definition) is 2. The van der Waals surface area contributed by atoms with E-state index in [0.29, 0.717) is 16.8 Å². The van der Waals surface area contributed by atoms with E-state index in [-0.39, 0.29) is 24.1 Å². The number of rotatable bonds is 4. The molecule has 2 N–H and O–H groups in total. The summed E-state index contributed by atoms with van der Waals surface area (Å²) in [6.45, 7) is 3.82. The Labute approximate surface area is 173 Å². The van der Waals surface area contributed by atoms with E-state index in [2.05, 4.69) is 15.6 Å². The van der Waals surface area contributed by atoms with Crippen molar-refractivity contribution in [3.05, 3.63) is 89.4 Å². The Morgan fingerprint density at radius 2 is 1.97 bits per heavy atom. The van der Waals surface area contributed by atoms with Crippen LogP contribution in [0.2, 0.25) is 0 Å². The van der Waals surface area contributed by atoms with E-state index in [4.69, 9.17) is 0 Å². The van der Waals surface area contributed by atoms with Gasteiger partial charge in [-0.3, -0.25) is 9.59 Å². The maximum absolute atomic E-state index is 13.3. The molecule has 2 amide bonds. The molecule has 0 saturated heterocycles. The van der Waals surface area contributed by atoms with Crippen LogP contribution in [0.4, 0.5) is 10.1 Å². The summed E-state index contributed by atoms with van der Waals surface area (Å²) in [5.74, 6) is -1.31. The zero-order valence-electron chi connectivity index (χ0n) is 16.6. The van der Waals surface area contributed by atoms with Crippen LogP contribution in [-0.4, -0.2) is 21.4 Å². The molecule has 0 radical (unpaired) electrons. The maximum Gasteiger partial charge on any atom is 0.253 e. The normalized spacial score (nSPS) is 16.0. The minimum Gasteiger partial charge on any atom is -0.332 e. The van der Waals surface area contributed by atoms with Crippen molar-refractivity contribution in [2.24, 2.45) is 0 Å². The molecular weight excluding hydrogens is 383 g/mol. The van der Waals surface area contributed by atoms with Crippen LogP contribution in [0.1, 0.15) is 29.2 Å². The number of carbonyl (C=O) groups excluding carboxylic acids is 2. The summed E-state index contributed by atoms with van der Waals surface area (Å²) in [4.78, 5) is 29.3. The molecule has 2 heterocycles. The van der Waals surface area contributed by atoms with E-state index in [1.165, 1.54) is 18.3 Å². The van der Waals surface area contributed by atoms with Crippen LogP contribution < -0.4 is 10.6 Å². The molecule has 7 heteroatoms. The number of hydrogen-bond acceptors (Lipinski definition) is 3. The van der Waals surface area contributed by atoms with Crippen LogP contribution in [0.3, 0.4) is 0 Å². The second-order valence-electron chi connectivity index (χ2n) is 7.35. The van der Waals surface area contributed by atoms with Crippen molar-refractivity contribution in [3.63, 3.8) is 0 Å². The molecule has 0 bridgehead atoms. The lowest BCUT2D eigenvalue weighted by atomic mass is 9.86. The Hall–Kier alpha value is -3.74. The highest BCUT2D eigenvalue weighted by atomic mass is 19.1. The molecule has 1 aliphatic rings. The molecule has 1 atom stereocenters. The van der Waals surface area contributed by atoms with E-state index < -0.39 is 5.92 Å².